The third-order valence-corrected chi connectivity index (χ3v) is 4.76. The molecule has 4 nitrogen and oxygen atoms in total. The van der Waals surface area contributed by atoms with Gasteiger partial charge in [0.2, 0.25) is 0 Å². The van der Waals surface area contributed by atoms with E-state index >= 15 is 0 Å². The minimum Gasteiger partial charge on any atom is -0.497 e. The highest BCUT2D eigenvalue weighted by atomic mass is 16.5. The third kappa shape index (κ3) is 6.01. The molecule has 0 spiro atoms. The van der Waals surface area contributed by atoms with E-state index in [1.165, 1.54) is 0 Å². The first-order valence-electron chi connectivity index (χ1n) is 10.0. The van der Waals surface area contributed by atoms with Crippen LogP contribution in [0.4, 0.5) is 0 Å². The largest absolute Gasteiger partial charge is 0.497 e. The topological polar surface area (TPSA) is 47.6 Å². The second-order valence-electron chi connectivity index (χ2n) is 7.92. The molecule has 1 N–H and O–H groups in total. The predicted octanol–water partition coefficient (Wildman–Crippen LogP) is 5.49. The van der Waals surface area contributed by atoms with Crippen molar-refractivity contribution in [1.82, 2.24) is 5.32 Å². The van der Waals surface area contributed by atoms with Crippen molar-refractivity contribution in [1.29, 1.82) is 0 Å². The van der Waals surface area contributed by atoms with Crippen molar-refractivity contribution < 1.29 is 14.3 Å². The van der Waals surface area contributed by atoms with E-state index in [-0.39, 0.29) is 11.9 Å². The summed E-state index contributed by atoms with van der Waals surface area (Å²) in [5.41, 5.74) is 2.17. The number of amides is 1. The minimum absolute atomic E-state index is 0.0650. The molecule has 0 saturated heterocycles. The second kappa shape index (κ2) is 10.2. The van der Waals surface area contributed by atoms with E-state index in [2.05, 4.69) is 33.0 Å². The van der Waals surface area contributed by atoms with Crippen LogP contribution in [-0.2, 0) is 4.79 Å². The van der Waals surface area contributed by atoms with Crippen LogP contribution in [-0.4, -0.2) is 19.1 Å². The summed E-state index contributed by atoms with van der Waals surface area (Å²) in [5.74, 6) is 2.25. The molecule has 2 atom stereocenters. The van der Waals surface area contributed by atoms with Crippen molar-refractivity contribution in [2.75, 3.05) is 7.11 Å². The van der Waals surface area contributed by atoms with Crippen LogP contribution < -0.4 is 14.8 Å². The van der Waals surface area contributed by atoms with Gasteiger partial charge in [0.05, 0.1) is 13.2 Å². The molecule has 0 unspecified atom stereocenters. The summed E-state index contributed by atoms with van der Waals surface area (Å²) in [7, 11) is 1.65. The molecule has 4 heteroatoms. The fourth-order valence-corrected chi connectivity index (χ4v) is 3.18. The highest BCUT2D eigenvalue weighted by Gasteiger charge is 2.22. The summed E-state index contributed by atoms with van der Waals surface area (Å²) >= 11 is 0. The summed E-state index contributed by atoms with van der Waals surface area (Å²) in [6.07, 6.45) is 0.278. The van der Waals surface area contributed by atoms with Gasteiger partial charge in [-0.15, -0.1) is 0 Å². The number of para-hydroxylation sites is 1. The fourth-order valence-electron chi connectivity index (χ4n) is 3.18. The van der Waals surface area contributed by atoms with Gasteiger partial charge in [0.25, 0.3) is 5.91 Å². The highest BCUT2D eigenvalue weighted by molar-refractivity contribution is 5.81. The molecule has 0 aliphatic heterocycles. The van der Waals surface area contributed by atoms with Gasteiger partial charge in [0.15, 0.2) is 6.10 Å². The zero-order valence-corrected chi connectivity index (χ0v) is 17.9. The summed E-state index contributed by atoms with van der Waals surface area (Å²) in [6, 6.07) is 15.7. The maximum Gasteiger partial charge on any atom is 0.261 e. The van der Waals surface area contributed by atoms with Gasteiger partial charge in [0, 0.05) is 0 Å². The molecule has 0 fully saturated rings. The number of hydrogen-bond donors (Lipinski definition) is 1. The molecule has 152 valence electrons. The zero-order valence-electron chi connectivity index (χ0n) is 17.9. The number of benzene rings is 2. The van der Waals surface area contributed by atoms with Crippen molar-refractivity contribution in [2.24, 2.45) is 5.92 Å². The Labute approximate surface area is 169 Å². The highest BCUT2D eigenvalue weighted by Crippen LogP contribution is 2.27. The zero-order chi connectivity index (χ0) is 20.7. The number of carbonyl (C=O) groups is 1. The van der Waals surface area contributed by atoms with Gasteiger partial charge in [-0.25, -0.2) is 0 Å². The Hall–Kier alpha value is -2.49. The van der Waals surface area contributed by atoms with Gasteiger partial charge in [-0.05, 0) is 54.5 Å². The predicted molar refractivity (Wildman–Crippen MR) is 114 cm³/mol. The molecule has 0 bridgehead atoms. The molecule has 0 saturated carbocycles. The van der Waals surface area contributed by atoms with Crippen LogP contribution >= 0.6 is 0 Å². The van der Waals surface area contributed by atoms with Gasteiger partial charge < -0.3 is 14.8 Å². The average Bonchev–Trinajstić information content (AvgIpc) is 2.67. The number of nitrogens with one attached hydrogen (secondary N) is 1. The van der Waals surface area contributed by atoms with Crippen molar-refractivity contribution >= 4 is 5.91 Å². The Balaban J connectivity index is 2.11. The summed E-state index contributed by atoms with van der Waals surface area (Å²) in [5, 5.41) is 3.17. The molecule has 0 aliphatic rings. The molecule has 28 heavy (non-hydrogen) atoms. The average molecular weight is 384 g/mol. The number of methoxy groups -OCH3 is 1. The molecule has 2 aromatic rings. The molecule has 2 aromatic carbocycles. The van der Waals surface area contributed by atoms with E-state index in [0.717, 1.165) is 29.0 Å². The standard InChI is InChI=1S/C24H33NO3/c1-16(2)15-22(19-11-13-20(27-6)14-12-19)25-24(26)18(5)28-23-10-8-7-9-21(23)17(3)4/h7-14,16-18,22H,15H2,1-6H3,(H,25,26)/t18-,22+/m1/s1. The van der Waals surface area contributed by atoms with Crippen LogP contribution in [0.15, 0.2) is 48.5 Å². The lowest BCUT2D eigenvalue weighted by molar-refractivity contribution is -0.128. The van der Waals surface area contributed by atoms with Crippen LogP contribution in [0.2, 0.25) is 0 Å². The van der Waals surface area contributed by atoms with E-state index in [0.29, 0.717) is 11.8 Å². The summed E-state index contributed by atoms with van der Waals surface area (Å²) in [6.45, 7) is 10.3. The lowest BCUT2D eigenvalue weighted by Crippen LogP contribution is -2.39. The summed E-state index contributed by atoms with van der Waals surface area (Å²) in [4.78, 5) is 12.9. The molecular formula is C24H33NO3. The van der Waals surface area contributed by atoms with Crippen LogP contribution in [0.1, 0.15) is 64.1 Å². The van der Waals surface area contributed by atoms with E-state index in [1.54, 1.807) is 14.0 Å². The van der Waals surface area contributed by atoms with E-state index in [4.69, 9.17) is 9.47 Å². The van der Waals surface area contributed by atoms with Crippen molar-refractivity contribution in [2.45, 2.75) is 59.1 Å². The van der Waals surface area contributed by atoms with Crippen LogP contribution in [0.3, 0.4) is 0 Å². The van der Waals surface area contributed by atoms with Gasteiger partial charge in [-0.2, -0.15) is 0 Å². The Bertz CT molecular complexity index is 753. The molecule has 1 amide bonds. The first-order valence-corrected chi connectivity index (χ1v) is 10.0. The number of hydrogen-bond acceptors (Lipinski definition) is 3. The van der Waals surface area contributed by atoms with Gasteiger partial charge >= 0.3 is 0 Å². The van der Waals surface area contributed by atoms with Crippen molar-refractivity contribution in [3.8, 4) is 11.5 Å². The van der Waals surface area contributed by atoms with Gasteiger partial charge in [-0.3, -0.25) is 4.79 Å². The van der Waals surface area contributed by atoms with Gasteiger partial charge in [0.1, 0.15) is 11.5 Å². The number of rotatable bonds is 9. The summed E-state index contributed by atoms with van der Waals surface area (Å²) < 4.78 is 11.3. The first-order chi connectivity index (χ1) is 13.3. The number of carbonyl (C=O) groups excluding carboxylic acids is 1. The molecule has 0 heterocycles. The lowest BCUT2D eigenvalue weighted by atomic mass is 9.96. The molecule has 0 aliphatic carbocycles. The van der Waals surface area contributed by atoms with E-state index in [1.807, 2.05) is 48.5 Å². The monoisotopic (exact) mass is 383 g/mol. The smallest absolute Gasteiger partial charge is 0.261 e. The Kier molecular flexibility index (Phi) is 7.91. The fraction of sp³-hybridized carbons (Fsp3) is 0.458. The van der Waals surface area contributed by atoms with Gasteiger partial charge in [-0.1, -0.05) is 58.0 Å². The minimum atomic E-state index is -0.576. The lowest BCUT2D eigenvalue weighted by Gasteiger charge is -2.24. The van der Waals surface area contributed by atoms with Crippen LogP contribution in [0.5, 0.6) is 11.5 Å². The quantitative estimate of drug-likeness (QED) is 0.623. The Morgan fingerprint density at radius 1 is 0.964 bits per heavy atom. The molecule has 0 radical (unpaired) electrons. The maximum atomic E-state index is 12.9. The maximum absolute atomic E-state index is 12.9. The Morgan fingerprint density at radius 2 is 1.61 bits per heavy atom. The van der Waals surface area contributed by atoms with Crippen molar-refractivity contribution in [3.63, 3.8) is 0 Å². The van der Waals surface area contributed by atoms with Crippen LogP contribution in [0.25, 0.3) is 0 Å². The normalized spacial score (nSPS) is 13.3. The second-order valence-corrected chi connectivity index (χ2v) is 7.92. The third-order valence-electron chi connectivity index (χ3n) is 4.76. The van der Waals surface area contributed by atoms with Crippen molar-refractivity contribution in [3.05, 3.63) is 59.7 Å². The first kappa shape index (κ1) is 21.8. The van der Waals surface area contributed by atoms with E-state index < -0.39 is 6.10 Å². The Morgan fingerprint density at radius 3 is 2.18 bits per heavy atom. The van der Waals surface area contributed by atoms with E-state index in [9.17, 15) is 4.79 Å². The van der Waals surface area contributed by atoms with Crippen LogP contribution in [0, 0.1) is 5.92 Å². The number of ether oxygens (including phenoxy) is 2. The molecule has 0 aromatic heterocycles. The molecular weight excluding hydrogens is 350 g/mol. The molecule has 2 rings (SSSR count). The SMILES string of the molecule is COc1ccc([C@H](CC(C)C)NC(=O)[C@@H](C)Oc2ccccc2C(C)C)cc1.